The van der Waals surface area contributed by atoms with E-state index in [1.165, 1.54) is 6.42 Å². The van der Waals surface area contributed by atoms with Gasteiger partial charge in [-0.25, -0.2) is 0 Å². The van der Waals surface area contributed by atoms with Crippen molar-refractivity contribution >= 4 is 5.91 Å². The Bertz CT molecular complexity index is 458. The molecule has 4 nitrogen and oxygen atoms in total. The molecule has 1 saturated heterocycles. The molecule has 1 fully saturated rings. The Morgan fingerprint density at radius 1 is 1.56 bits per heavy atom. The van der Waals surface area contributed by atoms with E-state index >= 15 is 0 Å². The first-order valence-electron chi connectivity index (χ1n) is 6.28. The summed E-state index contributed by atoms with van der Waals surface area (Å²) in [6.45, 7) is 2.75. The number of rotatable bonds is 3. The lowest BCUT2D eigenvalue weighted by Crippen LogP contribution is -2.38. The predicted octanol–water partition coefficient (Wildman–Crippen LogP) is 1.29. The molecule has 0 saturated carbocycles. The van der Waals surface area contributed by atoms with Crippen LogP contribution in [0.15, 0.2) is 24.3 Å². The molecule has 0 aliphatic carbocycles. The molecular formula is C14H17N3O. The summed E-state index contributed by atoms with van der Waals surface area (Å²) in [5.74, 6) is 0.416. The zero-order chi connectivity index (χ0) is 12.8. The quantitative estimate of drug-likeness (QED) is 0.840. The molecule has 1 heterocycles. The fourth-order valence-corrected chi connectivity index (χ4v) is 2.17. The maximum absolute atomic E-state index is 11.9. The van der Waals surface area contributed by atoms with Gasteiger partial charge in [0, 0.05) is 12.1 Å². The van der Waals surface area contributed by atoms with Crippen LogP contribution >= 0.6 is 0 Å². The Kier molecular flexibility index (Phi) is 4.32. The number of amides is 1. The minimum absolute atomic E-state index is 0.0994. The molecule has 4 heteroatoms. The van der Waals surface area contributed by atoms with Gasteiger partial charge in [0.1, 0.15) is 0 Å². The summed E-state index contributed by atoms with van der Waals surface area (Å²) in [5, 5.41) is 15.0. The van der Waals surface area contributed by atoms with Gasteiger partial charge < -0.3 is 10.6 Å². The maximum Gasteiger partial charge on any atom is 0.251 e. The lowest BCUT2D eigenvalue weighted by molar-refractivity contribution is 0.0945. The number of hydrogen-bond acceptors (Lipinski definition) is 3. The van der Waals surface area contributed by atoms with E-state index in [2.05, 4.69) is 10.6 Å². The third-order valence-corrected chi connectivity index (χ3v) is 3.20. The molecule has 1 atom stereocenters. The molecule has 1 aliphatic heterocycles. The van der Waals surface area contributed by atoms with E-state index in [0.717, 1.165) is 19.5 Å². The Morgan fingerprint density at radius 3 is 3.17 bits per heavy atom. The van der Waals surface area contributed by atoms with Crippen molar-refractivity contribution in [3.8, 4) is 6.07 Å². The molecule has 94 valence electrons. The molecule has 1 aliphatic rings. The van der Waals surface area contributed by atoms with Crippen LogP contribution in [-0.4, -0.2) is 25.5 Å². The molecule has 18 heavy (non-hydrogen) atoms. The fourth-order valence-electron chi connectivity index (χ4n) is 2.17. The number of benzene rings is 1. The zero-order valence-electron chi connectivity index (χ0n) is 10.3. The standard InChI is InChI=1S/C14H17N3O/c15-8-11-3-1-5-13(7-11)14(18)17-10-12-4-2-6-16-9-12/h1,3,5,7,12,16H,2,4,6,9-10H2,(H,17,18). The monoisotopic (exact) mass is 243 g/mol. The van der Waals surface area contributed by atoms with E-state index < -0.39 is 0 Å². The van der Waals surface area contributed by atoms with Gasteiger partial charge in [0.05, 0.1) is 11.6 Å². The third kappa shape index (κ3) is 3.31. The van der Waals surface area contributed by atoms with E-state index in [1.54, 1.807) is 24.3 Å². The van der Waals surface area contributed by atoms with Crippen LogP contribution in [0.1, 0.15) is 28.8 Å². The van der Waals surface area contributed by atoms with E-state index in [-0.39, 0.29) is 5.91 Å². The highest BCUT2D eigenvalue weighted by molar-refractivity contribution is 5.94. The van der Waals surface area contributed by atoms with Gasteiger partial charge in [0.15, 0.2) is 0 Å². The minimum Gasteiger partial charge on any atom is -0.352 e. The van der Waals surface area contributed by atoms with Crippen molar-refractivity contribution in [1.82, 2.24) is 10.6 Å². The second kappa shape index (κ2) is 6.18. The molecule has 0 aromatic heterocycles. The van der Waals surface area contributed by atoms with Gasteiger partial charge in [-0.3, -0.25) is 4.79 Å². The molecule has 0 spiro atoms. The van der Waals surface area contributed by atoms with Gasteiger partial charge in [-0.1, -0.05) is 6.07 Å². The van der Waals surface area contributed by atoms with E-state index in [4.69, 9.17) is 5.26 Å². The number of nitrogens with zero attached hydrogens (tertiary/aromatic N) is 1. The van der Waals surface area contributed by atoms with E-state index in [9.17, 15) is 4.79 Å². The second-order valence-electron chi connectivity index (χ2n) is 4.62. The third-order valence-electron chi connectivity index (χ3n) is 3.20. The zero-order valence-corrected chi connectivity index (χ0v) is 10.3. The molecule has 2 N–H and O–H groups in total. The van der Waals surface area contributed by atoms with Gasteiger partial charge in [0.25, 0.3) is 5.91 Å². The van der Waals surface area contributed by atoms with E-state index in [1.807, 2.05) is 6.07 Å². The van der Waals surface area contributed by atoms with Crippen molar-refractivity contribution in [2.45, 2.75) is 12.8 Å². The van der Waals surface area contributed by atoms with Gasteiger partial charge in [-0.2, -0.15) is 5.26 Å². The molecular weight excluding hydrogens is 226 g/mol. The second-order valence-corrected chi connectivity index (χ2v) is 4.62. The number of hydrogen-bond donors (Lipinski definition) is 2. The number of nitriles is 1. The first-order chi connectivity index (χ1) is 8.79. The average molecular weight is 243 g/mol. The van der Waals surface area contributed by atoms with Crippen LogP contribution in [0.5, 0.6) is 0 Å². The van der Waals surface area contributed by atoms with Crippen LogP contribution in [0.2, 0.25) is 0 Å². The molecule has 0 radical (unpaired) electrons. The molecule has 2 rings (SSSR count). The highest BCUT2D eigenvalue weighted by Gasteiger charge is 2.14. The Balaban J connectivity index is 1.89. The molecule has 1 aromatic carbocycles. The van der Waals surface area contributed by atoms with Crippen molar-refractivity contribution < 1.29 is 4.79 Å². The van der Waals surface area contributed by atoms with Gasteiger partial charge in [-0.15, -0.1) is 0 Å². The average Bonchev–Trinajstić information content (AvgIpc) is 2.46. The Hall–Kier alpha value is -1.86. The fraction of sp³-hybridized carbons (Fsp3) is 0.429. The van der Waals surface area contributed by atoms with Crippen LogP contribution in [0, 0.1) is 17.2 Å². The largest absolute Gasteiger partial charge is 0.352 e. The lowest BCUT2D eigenvalue weighted by atomic mass is 9.99. The van der Waals surface area contributed by atoms with Crippen molar-refractivity contribution in [1.29, 1.82) is 5.26 Å². The molecule has 1 unspecified atom stereocenters. The van der Waals surface area contributed by atoms with Crippen LogP contribution in [0.3, 0.4) is 0 Å². The minimum atomic E-state index is -0.0994. The molecule has 1 amide bonds. The van der Waals surface area contributed by atoms with Crippen molar-refractivity contribution in [3.05, 3.63) is 35.4 Å². The summed E-state index contributed by atoms with van der Waals surface area (Å²) in [5.41, 5.74) is 1.07. The number of carbonyl (C=O) groups excluding carboxylic acids is 1. The normalized spacial score (nSPS) is 18.9. The predicted molar refractivity (Wildman–Crippen MR) is 69.1 cm³/mol. The lowest BCUT2D eigenvalue weighted by Gasteiger charge is -2.22. The maximum atomic E-state index is 11.9. The van der Waals surface area contributed by atoms with Crippen LogP contribution < -0.4 is 10.6 Å². The first kappa shape index (κ1) is 12.6. The summed E-state index contributed by atoms with van der Waals surface area (Å²) in [6, 6.07) is 8.82. The van der Waals surface area contributed by atoms with Crippen molar-refractivity contribution in [3.63, 3.8) is 0 Å². The van der Waals surface area contributed by atoms with Gasteiger partial charge >= 0.3 is 0 Å². The molecule has 0 bridgehead atoms. The van der Waals surface area contributed by atoms with Gasteiger partial charge in [-0.05, 0) is 50.0 Å². The highest BCUT2D eigenvalue weighted by Crippen LogP contribution is 2.09. The topological polar surface area (TPSA) is 64.9 Å². The smallest absolute Gasteiger partial charge is 0.251 e. The summed E-state index contributed by atoms with van der Waals surface area (Å²) in [4.78, 5) is 11.9. The SMILES string of the molecule is N#Cc1cccc(C(=O)NCC2CCCNC2)c1. The van der Waals surface area contributed by atoms with Crippen LogP contribution in [-0.2, 0) is 0 Å². The summed E-state index contributed by atoms with van der Waals surface area (Å²) in [6.07, 6.45) is 2.33. The van der Waals surface area contributed by atoms with Crippen molar-refractivity contribution in [2.75, 3.05) is 19.6 Å². The van der Waals surface area contributed by atoms with Crippen molar-refractivity contribution in [2.24, 2.45) is 5.92 Å². The Morgan fingerprint density at radius 2 is 2.44 bits per heavy atom. The number of piperidine rings is 1. The molecule has 1 aromatic rings. The van der Waals surface area contributed by atoms with Crippen LogP contribution in [0.25, 0.3) is 0 Å². The Labute approximate surface area is 107 Å². The number of nitrogens with one attached hydrogen (secondary N) is 2. The summed E-state index contributed by atoms with van der Waals surface area (Å²) < 4.78 is 0. The van der Waals surface area contributed by atoms with Gasteiger partial charge in [0.2, 0.25) is 0 Å². The summed E-state index contributed by atoms with van der Waals surface area (Å²) >= 11 is 0. The first-order valence-corrected chi connectivity index (χ1v) is 6.28. The van der Waals surface area contributed by atoms with E-state index in [0.29, 0.717) is 23.6 Å². The van der Waals surface area contributed by atoms with Crippen LogP contribution in [0.4, 0.5) is 0 Å². The highest BCUT2D eigenvalue weighted by atomic mass is 16.1. The number of carbonyl (C=O) groups is 1. The summed E-state index contributed by atoms with van der Waals surface area (Å²) in [7, 11) is 0.